The van der Waals surface area contributed by atoms with E-state index in [9.17, 15) is 0 Å². The first-order chi connectivity index (χ1) is 17.8. The number of anilines is 2. The second-order valence-electron chi connectivity index (χ2n) is 9.08. The highest BCUT2D eigenvalue weighted by Crippen LogP contribution is 2.36. The van der Waals surface area contributed by atoms with E-state index < -0.39 is 0 Å². The third kappa shape index (κ3) is 4.24. The van der Waals surface area contributed by atoms with Gasteiger partial charge in [0, 0.05) is 19.5 Å². The van der Waals surface area contributed by atoms with Gasteiger partial charge in [0.2, 0.25) is 5.95 Å². The van der Waals surface area contributed by atoms with Crippen LogP contribution >= 0.6 is 0 Å². The smallest absolute Gasteiger partial charge is 0.204 e. The van der Waals surface area contributed by atoms with Gasteiger partial charge in [-0.3, -0.25) is 5.01 Å². The molecule has 0 saturated heterocycles. The lowest BCUT2D eigenvalue weighted by Gasteiger charge is -2.24. The largest absolute Gasteiger partial charge is 0.352 e. The normalized spacial score (nSPS) is 15.3. The predicted octanol–water partition coefficient (Wildman–Crippen LogP) is 7.02. The van der Waals surface area contributed by atoms with Gasteiger partial charge < -0.3 is 9.88 Å². The van der Waals surface area contributed by atoms with E-state index in [4.69, 9.17) is 10.1 Å². The van der Waals surface area contributed by atoms with Crippen molar-refractivity contribution in [1.82, 2.24) is 9.55 Å². The fourth-order valence-electron chi connectivity index (χ4n) is 4.97. The van der Waals surface area contributed by atoms with Crippen molar-refractivity contribution in [2.75, 3.05) is 10.3 Å². The van der Waals surface area contributed by atoms with Crippen LogP contribution in [-0.2, 0) is 13.1 Å². The Labute approximate surface area is 211 Å². The zero-order valence-corrected chi connectivity index (χ0v) is 20.4. The highest BCUT2D eigenvalue weighted by Gasteiger charge is 2.29. The summed E-state index contributed by atoms with van der Waals surface area (Å²) in [5.74, 6) is 0.906. The topological polar surface area (TPSA) is 45.5 Å². The van der Waals surface area contributed by atoms with E-state index >= 15 is 0 Å². The molecule has 0 saturated carbocycles. The van der Waals surface area contributed by atoms with Gasteiger partial charge in [0.05, 0.1) is 28.5 Å². The Bertz CT molecular complexity index is 1490. The summed E-state index contributed by atoms with van der Waals surface area (Å²) in [5.41, 5.74) is 8.05. The molecule has 5 aromatic rings. The molecule has 1 aromatic heterocycles. The van der Waals surface area contributed by atoms with E-state index in [0.29, 0.717) is 6.54 Å². The first-order valence-electron chi connectivity index (χ1n) is 12.6. The Hall–Kier alpha value is -4.38. The van der Waals surface area contributed by atoms with E-state index in [1.165, 1.54) is 16.7 Å². The molecular weight excluding hydrogens is 442 g/mol. The quantitative estimate of drug-likeness (QED) is 0.277. The van der Waals surface area contributed by atoms with E-state index in [1.54, 1.807) is 0 Å². The molecule has 0 radical (unpaired) electrons. The Morgan fingerprint density at radius 3 is 2.25 bits per heavy atom. The van der Waals surface area contributed by atoms with Gasteiger partial charge in [0.25, 0.3) is 0 Å². The number of nitrogens with one attached hydrogen (secondary N) is 1. The molecule has 0 fully saturated rings. The number of hydrogen-bond acceptors (Lipinski definition) is 4. The Morgan fingerprint density at radius 1 is 0.806 bits per heavy atom. The SMILES string of the molecule is CCn1c(NCc2ccc(N3N=C(c4ccccc4)C[C@@H]3c3ccccc3)cc2)nc2ccccc21. The van der Waals surface area contributed by atoms with Crippen LogP contribution in [0.4, 0.5) is 11.6 Å². The highest BCUT2D eigenvalue weighted by molar-refractivity contribution is 6.03. The summed E-state index contributed by atoms with van der Waals surface area (Å²) in [6, 6.07) is 38.3. The van der Waals surface area contributed by atoms with E-state index in [2.05, 4.69) is 119 Å². The van der Waals surface area contributed by atoms with Gasteiger partial charge >= 0.3 is 0 Å². The number of hydrogen-bond donors (Lipinski definition) is 1. The molecule has 5 nitrogen and oxygen atoms in total. The van der Waals surface area contributed by atoms with Gasteiger partial charge in [-0.15, -0.1) is 0 Å². The Morgan fingerprint density at radius 2 is 1.50 bits per heavy atom. The second-order valence-corrected chi connectivity index (χ2v) is 9.08. The summed E-state index contributed by atoms with van der Waals surface area (Å²) < 4.78 is 2.22. The first-order valence-corrected chi connectivity index (χ1v) is 12.6. The highest BCUT2D eigenvalue weighted by atomic mass is 15.5. The van der Waals surface area contributed by atoms with Gasteiger partial charge in [-0.25, -0.2) is 4.98 Å². The van der Waals surface area contributed by atoms with Gasteiger partial charge in [-0.05, 0) is 47.9 Å². The van der Waals surface area contributed by atoms with Crippen LogP contribution in [0.15, 0.2) is 114 Å². The maximum atomic E-state index is 5.08. The molecule has 0 amide bonds. The Balaban J connectivity index is 1.24. The monoisotopic (exact) mass is 471 g/mol. The third-order valence-electron chi connectivity index (χ3n) is 6.82. The standard InChI is InChI=1S/C31H29N5/c1-2-35-29-16-10-9-15-27(29)33-31(35)32-22-23-17-19-26(20-18-23)36-30(25-13-7-4-8-14-25)21-28(34-36)24-11-5-3-6-12-24/h3-20,30H,2,21-22H2,1H3,(H,32,33)/t30-/m1/s1. The van der Waals surface area contributed by atoms with Crippen LogP contribution in [0.3, 0.4) is 0 Å². The maximum absolute atomic E-state index is 5.08. The molecule has 36 heavy (non-hydrogen) atoms. The van der Waals surface area contributed by atoms with Crippen LogP contribution in [0.2, 0.25) is 0 Å². The number of para-hydroxylation sites is 2. The van der Waals surface area contributed by atoms with Gasteiger partial charge in [0.15, 0.2) is 0 Å². The van der Waals surface area contributed by atoms with Crippen molar-refractivity contribution in [3.63, 3.8) is 0 Å². The summed E-state index contributed by atoms with van der Waals surface area (Å²) in [7, 11) is 0. The van der Waals surface area contributed by atoms with Crippen LogP contribution in [0, 0.1) is 0 Å². The van der Waals surface area contributed by atoms with Crippen LogP contribution in [0.5, 0.6) is 0 Å². The number of rotatable bonds is 7. The molecule has 178 valence electrons. The average Bonchev–Trinajstić information content (AvgIpc) is 3.55. The average molecular weight is 472 g/mol. The number of aromatic nitrogens is 2. The summed E-state index contributed by atoms with van der Waals surface area (Å²) in [6.45, 7) is 3.74. The minimum absolute atomic E-state index is 0.176. The lowest BCUT2D eigenvalue weighted by molar-refractivity contribution is 0.709. The number of imidazole rings is 1. The van der Waals surface area contributed by atoms with E-state index in [-0.39, 0.29) is 6.04 Å². The van der Waals surface area contributed by atoms with Crippen LogP contribution in [0.1, 0.15) is 36.1 Å². The van der Waals surface area contributed by atoms with Gasteiger partial charge in [0.1, 0.15) is 0 Å². The molecule has 5 heteroatoms. The molecule has 0 bridgehead atoms. The summed E-state index contributed by atoms with van der Waals surface area (Å²) in [4.78, 5) is 4.79. The fourth-order valence-corrected chi connectivity index (χ4v) is 4.97. The lowest BCUT2D eigenvalue weighted by Crippen LogP contribution is -2.18. The number of aryl methyl sites for hydroxylation is 1. The van der Waals surface area contributed by atoms with Crippen LogP contribution in [-0.4, -0.2) is 15.3 Å². The molecule has 1 atom stereocenters. The molecule has 2 heterocycles. The van der Waals surface area contributed by atoms with Crippen molar-refractivity contribution in [3.05, 3.63) is 126 Å². The summed E-state index contributed by atoms with van der Waals surface area (Å²) >= 11 is 0. The molecule has 0 spiro atoms. The molecule has 0 aliphatic carbocycles. The van der Waals surface area contributed by atoms with E-state index in [1.807, 2.05) is 12.1 Å². The van der Waals surface area contributed by atoms with Gasteiger partial charge in [-0.1, -0.05) is 84.9 Å². The van der Waals surface area contributed by atoms with Crippen molar-refractivity contribution in [2.45, 2.75) is 32.5 Å². The van der Waals surface area contributed by atoms with Crippen molar-refractivity contribution < 1.29 is 0 Å². The Kier molecular flexibility index (Phi) is 5.96. The molecular formula is C31H29N5. The first kappa shape index (κ1) is 22.1. The number of benzene rings is 4. The molecule has 0 unspecified atom stereocenters. The maximum Gasteiger partial charge on any atom is 0.204 e. The number of nitrogens with zero attached hydrogens (tertiary/aromatic N) is 4. The van der Waals surface area contributed by atoms with Crippen LogP contribution in [0.25, 0.3) is 11.0 Å². The minimum atomic E-state index is 0.176. The summed E-state index contributed by atoms with van der Waals surface area (Å²) in [5, 5.41) is 10.8. The molecule has 1 aliphatic rings. The molecule has 1 aliphatic heterocycles. The molecule has 1 N–H and O–H groups in total. The zero-order chi connectivity index (χ0) is 24.3. The second kappa shape index (κ2) is 9.70. The van der Waals surface area contributed by atoms with E-state index in [0.717, 1.165) is 41.3 Å². The zero-order valence-electron chi connectivity index (χ0n) is 20.4. The van der Waals surface area contributed by atoms with Crippen LogP contribution < -0.4 is 10.3 Å². The van der Waals surface area contributed by atoms with Crippen molar-refractivity contribution in [2.24, 2.45) is 5.10 Å². The number of hydrazone groups is 1. The number of fused-ring (bicyclic) bond motifs is 1. The van der Waals surface area contributed by atoms with Gasteiger partial charge in [-0.2, -0.15) is 5.10 Å². The lowest BCUT2D eigenvalue weighted by atomic mass is 9.98. The summed E-state index contributed by atoms with van der Waals surface area (Å²) in [6.07, 6.45) is 0.880. The fraction of sp³-hybridized carbons (Fsp3) is 0.161. The third-order valence-corrected chi connectivity index (χ3v) is 6.82. The molecule has 4 aromatic carbocycles. The molecule has 6 rings (SSSR count). The minimum Gasteiger partial charge on any atom is -0.352 e. The van der Waals surface area contributed by atoms with Crippen molar-refractivity contribution in [1.29, 1.82) is 0 Å². The van der Waals surface area contributed by atoms with Crippen molar-refractivity contribution in [3.8, 4) is 0 Å². The predicted molar refractivity (Wildman–Crippen MR) is 148 cm³/mol. The van der Waals surface area contributed by atoms with Crippen molar-refractivity contribution >= 4 is 28.4 Å².